The van der Waals surface area contributed by atoms with E-state index >= 15 is 0 Å². The van der Waals surface area contributed by atoms with Crippen molar-refractivity contribution in [2.24, 2.45) is 0 Å². The van der Waals surface area contributed by atoms with E-state index in [2.05, 4.69) is 16.7 Å². The zero-order valence-electron chi connectivity index (χ0n) is 13.7. The van der Waals surface area contributed by atoms with Gasteiger partial charge in [-0.2, -0.15) is 0 Å². The maximum atomic E-state index is 12.1. The van der Waals surface area contributed by atoms with E-state index in [1.807, 2.05) is 18.2 Å². The number of carbonyl (C=O) groups is 1. The maximum Gasteiger partial charge on any atom is 0.315 e. The predicted octanol–water partition coefficient (Wildman–Crippen LogP) is 2.08. The van der Waals surface area contributed by atoms with Crippen LogP contribution in [0.1, 0.15) is 43.2 Å². The van der Waals surface area contributed by atoms with Gasteiger partial charge in [-0.25, -0.2) is 4.79 Å². The molecule has 1 fully saturated rings. The van der Waals surface area contributed by atoms with Crippen molar-refractivity contribution in [3.05, 3.63) is 35.4 Å². The molecule has 3 rings (SSSR count). The number of urea groups is 1. The van der Waals surface area contributed by atoms with Crippen molar-refractivity contribution in [3.8, 4) is 0 Å². The maximum absolute atomic E-state index is 12.1. The summed E-state index contributed by atoms with van der Waals surface area (Å²) >= 11 is 0. The van der Waals surface area contributed by atoms with E-state index in [1.54, 1.807) is 7.11 Å². The molecule has 2 aliphatic rings. The number of benzene rings is 1. The molecule has 0 saturated heterocycles. The third-order valence-corrected chi connectivity index (χ3v) is 5.37. The Labute approximate surface area is 137 Å². The normalized spacial score (nSPS) is 25.1. The molecule has 2 aliphatic carbocycles. The molecule has 126 valence electrons. The van der Waals surface area contributed by atoms with Crippen molar-refractivity contribution in [2.45, 2.75) is 49.7 Å². The first-order chi connectivity index (χ1) is 11.1. The Morgan fingerprint density at radius 3 is 2.61 bits per heavy atom. The summed E-state index contributed by atoms with van der Waals surface area (Å²) in [7, 11) is 1.69. The lowest BCUT2D eigenvalue weighted by Crippen LogP contribution is -2.53. The highest BCUT2D eigenvalue weighted by Gasteiger charge is 2.38. The number of amides is 2. The van der Waals surface area contributed by atoms with Gasteiger partial charge in [-0.3, -0.25) is 0 Å². The lowest BCUT2D eigenvalue weighted by Gasteiger charge is -2.40. The Morgan fingerprint density at radius 1 is 1.17 bits per heavy atom. The van der Waals surface area contributed by atoms with Gasteiger partial charge in [0.05, 0.1) is 12.1 Å². The molecule has 1 unspecified atom stereocenters. The first-order valence-corrected chi connectivity index (χ1v) is 8.45. The third kappa shape index (κ3) is 3.35. The molecule has 0 aliphatic heterocycles. The molecule has 1 aromatic rings. The van der Waals surface area contributed by atoms with E-state index in [4.69, 9.17) is 4.74 Å². The molecule has 1 saturated carbocycles. The van der Waals surface area contributed by atoms with E-state index < -0.39 is 5.60 Å². The van der Waals surface area contributed by atoms with E-state index in [0.29, 0.717) is 13.0 Å². The summed E-state index contributed by atoms with van der Waals surface area (Å²) in [4.78, 5) is 12.1. The van der Waals surface area contributed by atoms with Crippen molar-refractivity contribution in [1.82, 2.24) is 10.6 Å². The minimum absolute atomic E-state index is 0.189. The van der Waals surface area contributed by atoms with Crippen molar-refractivity contribution < 1.29 is 14.6 Å². The fourth-order valence-electron chi connectivity index (χ4n) is 3.64. The number of carbonyl (C=O) groups excluding carboxylic acids is 1. The first kappa shape index (κ1) is 16.3. The van der Waals surface area contributed by atoms with Gasteiger partial charge in [0.25, 0.3) is 0 Å². The number of hydrogen-bond donors (Lipinski definition) is 3. The first-order valence-electron chi connectivity index (χ1n) is 8.45. The Morgan fingerprint density at radius 2 is 1.91 bits per heavy atom. The number of fused-ring (bicyclic) bond motifs is 1. The summed E-state index contributed by atoms with van der Waals surface area (Å²) in [5, 5.41) is 16.6. The van der Waals surface area contributed by atoms with Crippen LogP contribution in [0, 0.1) is 0 Å². The second-order valence-corrected chi connectivity index (χ2v) is 6.82. The molecule has 0 spiro atoms. The molecule has 2 amide bonds. The highest BCUT2D eigenvalue weighted by atomic mass is 16.5. The van der Waals surface area contributed by atoms with E-state index in [0.717, 1.165) is 37.7 Å². The monoisotopic (exact) mass is 318 g/mol. The van der Waals surface area contributed by atoms with Crippen molar-refractivity contribution in [1.29, 1.82) is 0 Å². The quantitative estimate of drug-likeness (QED) is 0.778. The molecule has 0 heterocycles. The van der Waals surface area contributed by atoms with Gasteiger partial charge in [-0.05, 0) is 49.7 Å². The van der Waals surface area contributed by atoms with Crippen LogP contribution >= 0.6 is 0 Å². The fourth-order valence-corrected chi connectivity index (χ4v) is 3.64. The average molecular weight is 318 g/mol. The molecule has 0 bridgehead atoms. The lowest BCUT2D eigenvalue weighted by molar-refractivity contribution is -0.0674. The minimum Gasteiger partial charge on any atom is -0.383 e. The zero-order valence-corrected chi connectivity index (χ0v) is 13.7. The van der Waals surface area contributed by atoms with Crippen molar-refractivity contribution in [3.63, 3.8) is 0 Å². The smallest absolute Gasteiger partial charge is 0.315 e. The lowest BCUT2D eigenvalue weighted by atomic mass is 9.79. The van der Waals surface area contributed by atoms with Crippen LogP contribution in [0.15, 0.2) is 24.3 Å². The summed E-state index contributed by atoms with van der Waals surface area (Å²) in [6.07, 6.45) is 5.72. The van der Waals surface area contributed by atoms with Crippen LogP contribution in [0.2, 0.25) is 0 Å². The summed E-state index contributed by atoms with van der Waals surface area (Å²) in [5.74, 6) is 0. The van der Waals surface area contributed by atoms with Crippen molar-refractivity contribution >= 4 is 6.03 Å². The van der Waals surface area contributed by atoms with Gasteiger partial charge in [-0.1, -0.05) is 24.3 Å². The van der Waals surface area contributed by atoms with E-state index in [1.165, 1.54) is 5.56 Å². The van der Waals surface area contributed by atoms with Gasteiger partial charge < -0.3 is 20.5 Å². The fraction of sp³-hybridized carbons (Fsp3) is 0.611. The van der Waals surface area contributed by atoms with Crippen molar-refractivity contribution in [2.75, 3.05) is 20.2 Å². The minimum atomic E-state index is -0.971. The SMILES string of the molecule is COC1(CNC(=O)NCC2(O)CCCc3ccccc32)CCC1. The van der Waals surface area contributed by atoms with Gasteiger partial charge in [0.2, 0.25) is 0 Å². The largest absolute Gasteiger partial charge is 0.383 e. The van der Waals surface area contributed by atoms with E-state index in [9.17, 15) is 9.90 Å². The topological polar surface area (TPSA) is 70.6 Å². The average Bonchev–Trinajstić information content (AvgIpc) is 2.53. The molecule has 1 aromatic carbocycles. The highest BCUT2D eigenvalue weighted by molar-refractivity contribution is 5.74. The number of aliphatic hydroxyl groups is 1. The Kier molecular flexibility index (Phi) is 4.60. The highest BCUT2D eigenvalue weighted by Crippen LogP contribution is 2.35. The Hall–Kier alpha value is -1.59. The molecule has 3 N–H and O–H groups in total. The Balaban J connectivity index is 1.55. The van der Waals surface area contributed by atoms with Crippen LogP contribution in [-0.2, 0) is 16.8 Å². The molecule has 0 aromatic heterocycles. The standard InChI is InChI=1S/C18H26N2O3/c1-23-17(9-5-10-17)12-19-16(21)20-13-18(22)11-4-7-14-6-2-3-8-15(14)18/h2-3,6,8,22H,4-5,7,9-13H2,1H3,(H2,19,20,21). The summed E-state index contributed by atoms with van der Waals surface area (Å²) in [6.45, 7) is 0.750. The number of ether oxygens (including phenoxy) is 1. The van der Waals surface area contributed by atoms with Crippen LogP contribution in [0.4, 0.5) is 4.79 Å². The molecule has 5 heteroatoms. The number of hydrogen-bond acceptors (Lipinski definition) is 3. The van der Waals surface area contributed by atoms with Gasteiger partial charge in [0, 0.05) is 13.7 Å². The predicted molar refractivity (Wildman–Crippen MR) is 88.3 cm³/mol. The third-order valence-electron chi connectivity index (χ3n) is 5.37. The molecule has 5 nitrogen and oxygen atoms in total. The molecule has 1 atom stereocenters. The second kappa shape index (κ2) is 6.49. The summed E-state index contributed by atoms with van der Waals surface area (Å²) in [5.41, 5.74) is 0.961. The number of nitrogens with one attached hydrogen (secondary N) is 2. The van der Waals surface area contributed by atoms with Crippen LogP contribution in [0.25, 0.3) is 0 Å². The zero-order chi connectivity index (χ0) is 16.3. The van der Waals surface area contributed by atoms with E-state index in [-0.39, 0.29) is 18.2 Å². The van der Waals surface area contributed by atoms with Crippen LogP contribution in [-0.4, -0.2) is 36.9 Å². The van der Waals surface area contributed by atoms with Gasteiger partial charge in [-0.15, -0.1) is 0 Å². The van der Waals surface area contributed by atoms with Crippen LogP contribution in [0.5, 0.6) is 0 Å². The Bertz CT molecular complexity index is 566. The molecular weight excluding hydrogens is 292 g/mol. The number of rotatable bonds is 5. The van der Waals surface area contributed by atoms with Gasteiger partial charge >= 0.3 is 6.03 Å². The summed E-state index contributed by atoms with van der Waals surface area (Å²) in [6, 6.07) is 7.70. The number of methoxy groups -OCH3 is 1. The number of aryl methyl sites for hydroxylation is 1. The molecular formula is C18H26N2O3. The second-order valence-electron chi connectivity index (χ2n) is 6.82. The molecule has 23 heavy (non-hydrogen) atoms. The van der Waals surface area contributed by atoms with Gasteiger partial charge in [0.15, 0.2) is 0 Å². The summed E-state index contributed by atoms with van der Waals surface area (Å²) < 4.78 is 5.49. The molecule has 0 radical (unpaired) electrons. The van der Waals surface area contributed by atoms with Crippen LogP contribution in [0.3, 0.4) is 0 Å². The van der Waals surface area contributed by atoms with Crippen LogP contribution < -0.4 is 10.6 Å². The van der Waals surface area contributed by atoms with Gasteiger partial charge in [0.1, 0.15) is 5.60 Å².